The van der Waals surface area contributed by atoms with E-state index in [0.29, 0.717) is 6.61 Å². The van der Waals surface area contributed by atoms with Gasteiger partial charge in [-0.25, -0.2) is 0 Å². The maximum atomic E-state index is 9.88. The van der Waals surface area contributed by atoms with Crippen LogP contribution >= 0.6 is 11.8 Å². The molecule has 2 unspecified atom stereocenters. The minimum Gasteiger partial charge on any atom is -0.490 e. The highest BCUT2D eigenvalue weighted by molar-refractivity contribution is 7.99. The number of rotatable bonds is 3. The summed E-state index contributed by atoms with van der Waals surface area (Å²) >= 11 is 1.77. The van der Waals surface area contributed by atoms with Crippen LogP contribution in [0.4, 0.5) is 0 Å². The molecular formula is C12H14O3S. The zero-order chi connectivity index (χ0) is 11.0. The summed E-state index contributed by atoms with van der Waals surface area (Å²) in [5.41, 5.74) is 1.01. The molecule has 1 aromatic carbocycles. The number of epoxide rings is 1. The smallest absolute Gasteiger partial charge is 0.133 e. The zero-order valence-electron chi connectivity index (χ0n) is 8.89. The molecule has 0 aliphatic carbocycles. The van der Waals surface area contributed by atoms with Gasteiger partial charge in [0.25, 0.3) is 0 Å². The van der Waals surface area contributed by atoms with Crippen molar-refractivity contribution in [3.63, 3.8) is 0 Å². The van der Waals surface area contributed by atoms with Crippen LogP contribution < -0.4 is 4.74 Å². The maximum absolute atomic E-state index is 9.88. The van der Waals surface area contributed by atoms with E-state index >= 15 is 0 Å². The highest BCUT2D eigenvalue weighted by Gasteiger charge is 2.25. The molecule has 3 rings (SSSR count). The van der Waals surface area contributed by atoms with E-state index in [-0.39, 0.29) is 12.2 Å². The molecule has 86 valence electrons. The number of hydrogen-bond donors (Lipinski definition) is 1. The third kappa shape index (κ3) is 2.05. The molecule has 0 spiro atoms. The van der Waals surface area contributed by atoms with Crippen LogP contribution in [0.2, 0.25) is 0 Å². The van der Waals surface area contributed by atoms with E-state index in [0.717, 1.165) is 35.0 Å². The van der Waals surface area contributed by atoms with Crippen molar-refractivity contribution in [3.8, 4) is 5.75 Å². The van der Waals surface area contributed by atoms with Gasteiger partial charge in [-0.15, -0.1) is 11.8 Å². The van der Waals surface area contributed by atoms with Gasteiger partial charge in [-0.3, -0.25) is 0 Å². The van der Waals surface area contributed by atoms with Crippen molar-refractivity contribution >= 4 is 11.8 Å². The van der Waals surface area contributed by atoms with Crippen LogP contribution in [-0.2, 0) is 4.74 Å². The van der Waals surface area contributed by atoms with Crippen LogP contribution in [0.25, 0.3) is 0 Å². The Morgan fingerprint density at radius 1 is 1.50 bits per heavy atom. The van der Waals surface area contributed by atoms with Crippen LogP contribution in [0, 0.1) is 0 Å². The normalized spacial score (nSPS) is 27.3. The maximum Gasteiger partial charge on any atom is 0.133 e. The average molecular weight is 238 g/mol. The Balaban J connectivity index is 1.83. The summed E-state index contributed by atoms with van der Waals surface area (Å²) in [6.07, 6.45) is 0.763. The van der Waals surface area contributed by atoms with Gasteiger partial charge in [-0.05, 0) is 18.1 Å². The summed E-state index contributed by atoms with van der Waals surface area (Å²) in [6, 6.07) is 5.88. The summed E-state index contributed by atoms with van der Waals surface area (Å²) in [5.74, 6) is 1.84. The quantitative estimate of drug-likeness (QED) is 0.818. The number of aliphatic hydroxyl groups excluding tert-OH is 1. The third-order valence-electron chi connectivity index (χ3n) is 2.83. The van der Waals surface area contributed by atoms with Gasteiger partial charge < -0.3 is 14.6 Å². The van der Waals surface area contributed by atoms with Gasteiger partial charge in [0.1, 0.15) is 18.5 Å². The van der Waals surface area contributed by atoms with E-state index < -0.39 is 0 Å². The van der Waals surface area contributed by atoms with E-state index in [1.54, 1.807) is 11.8 Å². The summed E-state index contributed by atoms with van der Waals surface area (Å²) < 4.78 is 10.8. The van der Waals surface area contributed by atoms with Gasteiger partial charge in [0.2, 0.25) is 0 Å². The second-order valence-electron chi connectivity index (χ2n) is 4.09. The molecule has 2 heterocycles. The molecule has 0 aromatic heterocycles. The monoisotopic (exact) mass is 238 g/mol. The summed E-state index contributed by atoms with van der Waals surface area (Å²) in [7, 11) is 0. The molecule has 1 saturated heterocycles. The fourth-order valence-electron chi connectivity index (χ4n) is 1.84. The Labute approximate surface area is 98.8 Å². The highest BCUT2D eigenvalue weighted by atomic mass is 32.2. The molecule has 1 aromatic rings. The topological polar surface area (TPSA) is 42.0 Å². The Hall–Kier alpha value is -0.710. The molecule has 3 nitrogen and oxygen atoms in total. The van der Waals surface area contributed by atoms with E-state index in [1.807, 2.05) is 18.2 Å². The Morgan fingerprint density at radius 2 is 2.38 bits per heavy atom. The van der Waals surface area contributed by atoms with Crippen molar-refractivity contribution in [3.05, 3.63) is 23.8 Å². The summed E-state index contributed by atoms with van der Waals surface area (Å²) in [4.78, 5) is 1.10. The third-order valence-corrected chi connectivity index (χ3v) is 4.00. The Morgan fingerprint density at radius 3 is 3.19 bits per heavy atom. The number of ether oxygens (including phenoxy) is 2. The molecule has 16 heavy (non-hydrogen) atoms. The van der Waals surface area contributed by atoms with Crippen LogP contribution in [0.5, 0.6) is 5.75 Å². The fraction of sp³-hybridized carbons (Fsp3) is 0.500. The lowest BCUT2D eigenvalue weighted by atomic mass is 10.1. The number of hydrogen-bond acceptors (Lipinski definition) is 4. The van der Waals surface area contributed by atoms with Crippen LogP contribution in [0.3, 0.4) is 0 Å². The summed E-state index contributed by atoms with van der Waals surface area (Å²) in [6.45, 7) is 1.43. The number of fused-ring (bicyclic) bond motifs is 1. The Kier molecular flexibility index (Phi) is 2.79. The Bertz CT molecular complexity index is 390. The first-order valence-corrected chi connectivity index (χ1v) is 6.51. The van der Waals surface area contributed by atoms with E-state index in [2.05, 4.69) is 0 Å². The second-order valence-corrected chi connectivity index (χ2v) is 5.20. The molecule has 4 heteroatoms. The molecule has 2 aliphatic heterocycles. The average Bonchev–Trinajstić information content (AvgIpc) is 3.11. The van der Waals surface area contributed by atoms with Crippen LogP contribution in [0.1, 0.15) is 18.1 Å². The first-order valence-electron chi connectivity index (χ1n) is 5.53. The van der Waals surface area contributed by atoms with Gasteiger partial charge in [0, 0.05) is 5.75 Å². The van der Waals surface area contributed by atoms with Crippen molar-refractivity contribution in [1.29, 1.82) is 0 Å². The van der Waals surface area contributed by atoms with Gasteiger partial charge in [-0.2, -0.15) is 0 Å². The molecule has 0 saturated carbocycles. The van der Waals surface area contributed by atoms with Gasteiger partial charge in [-0.1, -0.05) is 12.1 Å². The van der Waals surface area contributed by atoms with Crippen molar-refractivity contribution < 1.29 is 14.6 Å². The fourth-order valence-corrected chi connectivity index (χ4v) is 3.02. The van der Waals surface area contributed by atoms with Crippen molar-refractivity contribution in [1.82, 2.24) is 0 Å². The first-order chi connectivity index (χ1) is 7.84. The lowest BCUT2D eigenvalue weighted by Gasteiger charge is -2.22. The standard InChI is InChI=1S/C12H14O3S/c13-10-4-5-16-12-9(10)2-1-3-11(12)15-7-8-6-14-8/h1-3,8,10,13H,4-7H2. The number of aliphatic hydroxyl groups is 1. The predicted octanol–water partition coefficient (Wildman–Crippen LogP) is 1.99. The minimum absolute atomic E-state index is 0.273. The lowest BCUT2D eigenvalue weighted by molar-refractivity contribution is 0.168. The van der Waals surface area contributed by atoms with Gasteiger partial charge >= 0.3 is 0 Å². The van der Waals surface area contributed by atoms with E-state index in [9.17, 15) is 5.11 Å². The zero-order valence-corrected chi connectivity index (χ0v) is 9.70. The van der Waals surface area contributed by atoms with Crippen molar-refractivity contribution in [2.75, 3.05) is 19.0 Å². The molecule has 1 N–H and O–H groups in total. The molecule has 2 atom stereocenters. The molecule has 0 amide bonds. The molecule has 0 bridgehead atoms. The van der Waals surface area contributed by atoms with Crippen LogP contribution in [-0.4, -0.2) is 30.2 Å². The number of thioether (sulfide) groups is 1. The van der Waals surface area contributed by atoms with E-state index in [1.165, 1.54) is 0 Å². The summed E-state index contributed by atoms with van der Waals surface area (Å²) in [5, 5.41) is 9.88. The first kappa shape index (κ1) is 10.4. The van der Waals surface area contributed by atoms with Crippen LogP contribution in [0.15, 0.2) is 23.1 Å². The predicted molar refractivity (Wildman–Crippen MR) is 62.0 cm³/mol. The van der Waals surface area contributed by atoms with Crippen molar-refractivity contribution in [2.24, 2.45) is 0 Å². The second kappa shape index (κ2) is 4.28. The van der Waals surface area contributed by atoms with Gasteiger partial charge in [0.15, 0.2) is 0 Å². The molecule has 1 fully saturated rings. The highest BCUT2D eigenvalue weighted by Crippen LogP contribution is 2.41. The minimum atomic E-state index is -0.336. The SMILES string of the molecule is OC1CCSc2c(OCC3CO3)cccc21. The lowest BCUT2D eigenvalue weighted by Crippen LogP contribution is -2.10. The van der Waals surface area contributed by atoms with Crippen molar-refractivity contribution in [2.45, 2.75) is 23.5 Å². The molecule has 0 radical (unpaired) electrons. The van der Waals surface area contributed by atoms with Gasteiger partial charge in [0.05, 0.1) is 17.6 Å². The largest absolute Gasteiger partial charge is 0.490 e. The molecule has 2 aliphatic rings. The number of benzene rings is 1. The molecular weight excluding hydrogens is 224 g/mol. The van der Waals surface area contributed by atoms with E-state index in [4.69, 9.17) is 9.47 Å².